The highest BCUT2D eigenvalue weighted by Crippen LogP contribution is 2.23. The van der Waals surface area contributed by atoms with E-state index in [0.29, 0.717) is 25.6 Å². The van der Waals surface area contributed by atoms with Crippen LogP contribution in [0, 0.1) is 5.92 Å². The van der Waals surface area contributed by atoms with Crippen LogP contribution in [0.4, 0.5) is 4.79 Å². The third-order valence-corrected chi connectivity index (χ3v) is 4.28. The van der Waals surface area contributed by atoms with E-state index in [1.54, 1.807) is 12.0 Å². The number of hydrogen-bond acceptors (Lipinski definition) is 5. The molecule has 6 nitrogen and oxygen atoms in total. The van der Waals surface area contributed by atoms with Gasteiger partial charge in [-0.15, -0.1) is 0 Å². The Kier molecular flexibility index (Phi) is 5.20. The first-order valence-electron chi connectivity index (χ1n) is 8.89. The number of carbonyl (C=O) groups is 1. The van der Waals surface area contributed by atoms with Crippen LogP contribution in [-0.4, -0.2) is 48.4 Å². The van der Waals surface area contributed by atoms with Gasteiger partial charge in [0.1, 0.15) is 11.4 Å². The number of fused-ring (bicyclic) bond motifs is 1. The van der Waals surface area contributed by atoms with Gasteiger partial charge in [0.05, 0.1) is 19.2 Å². The van der Waals surface area contributed by atoms with E-state index in [2.05, 4.69) is 4.98 Å². The lowest BCUT2D eigenvalue weighted by Crippen LogP contribution is -2.35. The zero-order chi connectivity index (χ0) is 18.7. The first kappa shape index (κ1) is 18.3. The first-order chi connectivity index (χ1) is 12.3. The molecule has 1 aromatic heterocycles. The normalized spacial score (nSPS) is 17.4. The maximum absolute atomic E-state index is 12.1. The average Bonchev–Trinajstić information content (AvgIpc) is 3.07. The third-order valence-electron chi connectivity index (χ3n) is 4.28. The van der Waals surface area contributed by atoms with Crippen LogP contribution in [-0.2, 0) is 4.74 Å². The molecule has 1 atom stereocenters. The second kappa shape index (κ2) is 7.40. The summed E-state index contributed by atoms with van der Waals surface area (Å²) in [5.41, 5.74) is 0.366. The largest absolute Gasteiger partial charge is 0.497 e. The molecule has 6 heteroatoms. The van der Waals surface area contributed by atoms with Crippen molar-refractivity contribution in [3.8, 4) is 11.6 Å². The molecular weight excluding hydrogens is 332 g/mol. The van der Waals surface area contributed by atoms with E-state index >= 15 is 0 Å². The SMILES string of the molecule is COc1ccc2ccc(OC[C@@H]3CCN(C(=O)OC(C)(C)C)C3)nc2c1. The molecule has 0 aliphatic carbocycles. The topological polar surface area (TPSA) is 60.9 Å². The number of pyridine rings is 1. The van der Waals surface area contributed by atoms with Crippen molar-refractivity contribution in [2.75, 3.05) is 26.8 Å². The highest BCUT2D eigenvalue weighted by atomic mass is 16.6. The Labute approximate surface area is 154 Å². The lowest BCUT2D eigenvalue weighted by atomic mass is 10.1. The lowest BCUT2D eigenvalue weighted by Gasteiger charge is -2.24. The van der Waals surface area contributed by atoms with Crippen molar-refractivity contribution < 1.29 is 19.0 Å². The number of methoxy groups -OCH3 is 1. The van der Waals surface area contributed by atoms with Gasteiger partial charge in [-0.1, -0.05) is 0 Å². The molecule has 0 N–H and O–H groups in total. The molecule has 1 aliphatic rings. The molecule has 1 aromatic carbocycles. The highest BCUT2D eigenvalue weighted by Gasteiger charge is 2.30. The number of hydrogen-bond donors (Lipinski definition) is 0. The molecule has 2 aromatic rings. The van der Waals surface area contributed by atoms with Gasteiger partial charge in [0.15, 0.2) is 0 Å². The van der Waals surface area contributed by atoms with Crippen LogP contribution >= 0.6 is 0 Å². The minimum absolute atomic E-state index is 0.254. The number of nitrogens with zero attached hydrogens (tertiary/aromatic N) is 2. The number of amides is 1. The molecule has 26 heavy (non-hydrogen) atoms. The quantitative estimate of drug-likeness (QED) is 0.830. The van der Waals surface area contributed by atoms with Crippen molar-refractivity contribution in [2.45, 2.75) is 32.8 Å². The van der Waals surface area contributed by atoms with Crippen LogP contribution in [0.15, 0.2) is 30.3 Å². The molecule has 1 amide bonds. The van der Waals surface area contributed by atoms with E-state index in [1.807, 2.05) is 51.1 Å². The Hall–Kier alpha value is -2.50. The molecule has 1 aliphatic heterocycles. The Balaban J connectivity index is 1.56. The summed E-state index contributed by atoms with van der Waals surface area (Å²) >= 11 is 0. The van der Waals surface area contributed by atoms with Crippen LogP contribution < -0.4 is 9.47 Å². The number of ether oxygens (including phenoxy) is 3. The smallest absolute Gasteiger partial charge is 0.410 e. The van der Waals surface area contributed by atoms with Gasteiger partial charge >= 0.3 is 6.09 Å². The summed E-state index contributed by atoms with van der Waals surface area (Å²) in [7, 11) is 1.64. The van der Waals surface area contributed by atoms with E-state index in [-0.39, 0.29) is 12.0 Å². The maximum Gasteiger partial charge on any atom is 0.410 e. The Bertz CT molecular complexity index is 785. The van der Waals surface area contributed by atoms with Crippen LogP contribution in [0.3, 0.4) is 0 Å². The number of aromatic nitrogens is 1. The summed E-state index contributed by atoms with van der Waals surface area (Å²) in [6.07, 6.45) is 0.650. The Morgan fingerprint density at radius 2 is 2.04 bits per heavy atom. The minimum Gasteiger partial charge on any atom is -0.497 e. The molecule has 3 rings (SSSR count). The minimum atomic E-state index is -0.470. The van der Waals surface area contributed by atoms with Gasteiger partial charge in [-0.2, -0.15) is 0 Å². The first-order valence-corrected chi connectivity index (χ1v) is 8.89. The molecule has 0 radical (unpaired) electrons. The van der Waals surface area contributed by atoms with Crippen LogP contribution in [0.1, 0.15) is 27.2 Å². The second-order valence-electron chi connectivity index (χ2n) is 7.60. The van der Waals surface area contributed by atoms with Crippen molar-refractivity contribution >= 4 is 17.0 Å². The number of carbonyl (C=O) groups excluding carboxylic acids is 1. The maximum atomic E-state index is 12.1. The predicted molar refractivity (Wildman–Crippen MR) is 99.7 cm³/mol. The van der Waals surface area contributed by atoms with Crippen LogP contribution in [0.25, 0.3) is 10.9 Å². The zero-order valence-corrected chi connectivity index (χ0v) is 15.8. The molecule has 1 saturated heterocycles. The lowest BCUT2D eigenvalue weighted by molar-refractivity contribution is 0.0284. The summed E-state index contributed by atoms with van der Waals surface area (Å²) in [6, 6.07) is 9.63. The number of benzene rings is 1. The Morgan fingerprint density at radius 1 is 1.27 bits per heavy atom. The standard InChI is InChI=1S/C20H26N2O4/c1-20(2,3)26-19(23)22-10-9-14(12-22)13-25-18-8-6-15-5-7-16(24-4)11-17(15)21-18/h5-8,11,14H,9-10,12-13H2,1-4H3/t14-/m1/s1. The van der Waals surface area contributed by atoms with E-state index in [4.69, 9.17) is 14.2 Å². The second-order valence-corrected chi connectivity index (χ2v) is 7.60. The predicted octanol–water partition coefficient (Wildman–Crippen LogP) is 3.88. The van der Waals surface area contributed by atoms with Gasteiger partial charge in [0.25, 0.3) is 0 Å². The average molecular weight is 358 g/mol. The summed E-state index contributed by atoms with van der Waals surface area (Å²) in [5, 5.41) is 1.04. The van der Waals surface area contributed by atoms with Crippen LogP contribution in [0.2, 0.25) is 0 Å². The monoisotopic (exact) mass is 358 g/mol. The molecule has 1 fully saturated rings. The fourth-order valence-corrected chi connectivity index (χ4v) is 2.95. The van der Waals surface area contributed by atoms with Gasteiger partial charge in [-0.3, -0.25) is 0 Å². The van der Waals surface area contributed by atoms with Crippen molar-refractivity contribution in [3.63, 3.8) is 0 Å². The number of rotatable bonds is 4. The molecule has 0 saturated carbocycles. The van der Waals surface area contributed by atoms with Crippen molar-refractivity contribution in [1.29, 1.82) is 0 Å². The van der Waals surface area contributed by atoms with E-state index < -0.39 is 5.60 Å². The van der Waals surface area contributed by atoms with Gasteiger partial charge < -0.3 is 19.1 Å². The van der Waals surface area contributed by atoms with Crippen LogP contribution in [0.5, 0.6) is 11.6 Å². The molecular formula is C20H26N2O4. The van der Waals surface area contributed by atoms with E-state index in [9.17, 15) is 4.79 Å². The third kappa shape index (κ3) is 4.56. The van der Waals surface area contributed by atoms with E-state index in [0.717, 1.165) is 23.1 Å². The van der Waals surface area contributed by atoms with Crippen molar-refractivity contribution in [3.05, 3.63) is 30.3 Å². The van der Waals surface area contributed by atoms with Gasteiger partial charge in [-0.25, -0.2) is 9.78 Å². The van der Waals surface area contributed by atoms with Crippen molar-refractivity contribution in [2.24, 2.45) is 5.92 Å². The van der Waals surface area contributed by atoms with Crippen molar-refractivity contribution in [1.82, 2.24) is 9.88 Å². The zero-order valence-electron chi connectivity index (χ0n) is 15.8. The Morgan fingerprint density at radius 3 is 2.77 bits per heavy atom. The summed E-state index contributed by atoms with van der Waals surface area (Å²) in [5.74, 6) is 1.64. The molecule has 2 heterocycles. The molecule has 0 spiro atoms. The molecule has 0 unspecified atom stereocenters. The summed E-state index contributed by atoms with van der Waals surface area (Å²) in [4.78, 5) is 18.4. The van der Waals surface area contributed by atoms with Gasteiger partial charge in [0, 0.05) is 36.5 Å². The van der Waals surface area contributed by atoms with Gasteiger partial charge in [0.2, 0.25) is 5.88 Å². The highest BCUT2D eigenvalue weighted by molar-refractivity contribution is 5.80. The summed E-state index contributed by atoms with van der Waals surface area (Å²) < 4.78 is 16.5. The van der Waals surface area contributed by atoms with E-state index in [1.165, 1.54) is 0 Å². The number of likely N-dealkylation sites (tertiary alicyclic amines) is 1. The fraction of sp³-hybridized carbons (Fsp3) is 0.500. The fourth-order valence-electron chi connectivity index (χ4n) is 2.95. The molecule has 0 bridgehead atoms. The molecule has 140 valence electrons. The summed E-state index contributed by atoms with van der Waals surface area (Å²) in [6.45, 7) is 7.51. The van der Waals surface area contributed by atoms with Gasteiger partial charge in [-0.05, 0) is 45.4 Å².